The molecule has 3 atom stereocenters. The van der Waals surface area contributed by atoms with Gasteiger partial charge in [-0.15, -0.1) is 10.2 Å². The normalized spacial score (nSPS) is 37.2. The highest BCUT2D eigenvalue weighted by molar-refractivity contribution is 5.79. The first kappa shape index (κ1) is 16.2. The number of carbonyl (C=O) groups is 1. The highest BCUT2D eigenvalue weighted by Crippen LogP contribution is 2.64. The van der Waals surface area contributed by atoms with Gasteiger partial charge in [0.15, 0.2) is 0 Å². The van der Waals surface area contributed by atoms with E-state index < -0.39 is 0 Å². The first-order valence-corrected chi connectivity index (χ1v) is 9.59. The van der Waals surface area contributed by atoms with Crippen molar-refractivity contribution in [2.45, 2.75) is 77.2 Å². The number of Topliss-reactive ketones (excluding diaryl/α,β-unsaturated/α-hetero) is 1. The Morgan fingerprint density at radius 3 is 2.62 bits per heavy atom. The van der Waals surface area contributed by atoms with Gasteiger partial charge >= 0.3 is 0 Å². The van der Waals surface area contributed by atoms with E-state index in [4.69, 9.17) is 10.2 Å². The Morgan fingerprint density at radius 2 is 2.04 bits per heavy atom. The monoisotopic (exact) mass is 331 g/mol. The summed E-state index contributed by atoms with van der Waals surface area (Å²) in [4.78, 5) is 12.2. The fourth-order valence-corrected chi connectivity index (χ4v) is 5.25. The highest BCUT2D eigenvalue weighted by Gasteiger charge is 2.56. The van der Waals surface area contributed by atoms with Crippen molar-refractivity contribution in [1.82, 2.24) is 10.2 Å². The Balaban J connectivity index is 1.51. The molecular weight excluding hydrogens is 302 g/mol. The van der Waals surface area contributed by atoms with Gasteiger partial charge < -0.3 is 10.2 Å². The van der Waals surface area contributed by atoms with E-state index in [0.29, 0.717) is 29.2 Å². The molecule has 4 rings (SSSR count). The maximum Gasteiger partial charge on any atom is 0.220 e. The molecule has 24 heavy (non-hydrogen) atoms. The zero-order valence-electron chi connectivity index (χ0n) is 14.8. The molecule has 1 spiro atoms. The van der Waals surface area contributed by atoms with E-state index in [1.165, 1.54) is 19.3 Å². The summed E-state index contributed by atoms with van der Waals surface area (Å²) in [6.45, 7) is 3.98. The van der Waals surface area contributed by atoms with Gasteiger partial charge in [0.1, 0.15) is 5.78 Å². The Hall–Kier alpha value is -1.23. The molecule has 0 saturated heterocycles. The molecule has 3 saturated carbocycles. The molecular formula is C19H29N3O2. The molecule has 0 aliphatic heterocycles. The van der Waals surface area contributed by atoms with E-state index in [0.717, 1.165) is 38.0 Å². The van der Waals surface area contributed by atoms with Crippen LogP contribution >= 0.6 is 0 Å². The van der Waals surface area contributed by atoms with Crippen molar-refractivity contribution >= 4 is 5.78 Å². The van der Waals surface area contributed by atoms with Crippen LogP contribution in [0, 0.1) is 23.2 Å². The summed E-state index contributed by atoms with van der Waals surface area (Å²) in [6, 6.07) is 0.346. The topological polar surface area (TPSA) is 82.0 Å². The lowest BCUT2D eigenvalue weighted by Crippen LogP contribution is -2.37. The molecule has 3 aliphatic carbocycles. The lowest BCUT2D eigenvalue weighted by molar-refractivity contribution is -0.124. The molecule has 1 unspecified atom stereocenters. The maximum atomic E-state index is 12.2. The van der Waals surface area contributed by atoms with Crippen molar-refractivity contribution in [3.63, 3.8) is 0 Å². The van der Waals surface area contributed by atoms with Crippen LogP contribution < -0.4 is 5.73 Å². The Bertz CT molecular complexity index is 616. The zero-order valence-corrected chi connectivity index (χ0v) is 14.8. The zero-order chi connectivity index (χ0) is 16.9. The molecule has 3 fully saturated rings. The standard InChI is InChI=1S/C19H29N3O2/c1-3-13-9-15(11(2)23)16(10-19(13)4-5-19)18-22-21-17(24-18)8-12-6-14(20)7-12/h12-16H,3-10,20H2,1-2H3/t12-,13-,14-,15?,16+/m0/s1. The number of aromatic nitrogens is 2. The number of carbonyl (C=O) groups excluding carboxylic acids is 1. The van der Waals surface area contributed by atoms with Crippen LogP contribution in [-0.4, -0.2) is 22.0 Å². The lowest BCUT2D eigenvalue weighted by Gasteiger charge is -2.39. The van der Waals surface area contributed by atoms with Gasteiger partial charge in [0.05, 0.1) is 0 Å². The first-order valence-electron chi connectivity index (χ1n) is 9.59. The van der Waals surface area contributed by atoms with E-state index in [1.54, 1.807) is 6.92 Å². The largest absolute Gasteiger partial charge is 0.425 e. The SMILES string of the molecule is CC[C@H]1CC(C(C)=O)[C@H](c2nnc(C[C@H]3C[C@H](N)C3)o2)CC12CC2. The third-order valence-electron chi connectivity index (χ3n) is 6.96. The first-order chi connectivity index (χ1) is 11.5. The van der Waals surface area contributed by atoms with Gasteiger partial charge in [0.25, 0.3) is 0 Å². The molecule has 1 heterocycles. The van der Waals surface area contributed by atoms with Crippen molar-refractivity contribution in [3.8, 4) is 0 Å². The summed E-state index contributed by atoms with van der Waals surface area (Å²) >= 11 is 0. The summed E-state index contributed by atoms with van der Waals surface area (Å²) < 4.78 is 6.02. The van der Waals surface area contributed by atoms with Gasteiger partial charge in [0, 0.05) is 24.3 Å². The number of nitrogens with two attached hydrogens (primary N) is 1. The minimum atomic E-state index is 0.0478. The molecule has 0 bridgehead atoms. The average molecular weight is 331 g/mol. The molecule has 0 radical (unpaired) electrons. The Morgan fingerprint density at radius 1 is 1.29 bits per heavy atom. The van der Waals surface area contributed by atoms with Crippen LogP contribution in [0.3, 0.4) is 0 Å². The van der Waals surface area contributed by atoms with E-state index in [9.17, 15) is 4.79 Å². The van der Waals surface area contributed by atoms with Gasteiger partial charge in [-0.05, 0) is 62.7 Å². The van der Waals surface area contributed by atoms with E-state index in [-0.39, 0.29) is 17.6 Å². The summed E-state index contributed by atoms with van der Waals surface area (Å²) in [5.74, 6) is 3.15. The quantitative estimate of drug-likeness (QED) is 0.895. The lowest BCUT2D eigenvalue weighted by atomic mass is 9.64. The average Bonchev–Trinajstić information content (AvgIpc) is 3.12. The predicted octanol–water partition coefficient (Wildman–Crippen LogP) is 3.24. The molecule has 2 N–H and O–H groups in total. The fraction of sp³-hybridized carbons (Fsp3) is 0.842. The van der Waals surface area contributed by atoms with Crippen LogP contribution in [0.25, 0.3) is 0 Å². The Labute approximate surface area is 143 Å². The number of ketones is 1. The van der Waals surface area contributed by atoms with Crippen LogP contribution in [0.2, 0.25) is 0 Å². The second-order valence-electron chi connectivity index (χ2n) is 8.57. The smallest absolute Gasteiger partial charge is 0.220 e. The van der Waals surface area contributed by atoms with E-state index >= 15 is 0 Å². The van der Waals surface area contributed by atoms with Crippen molar-refractivity contribution in [2.24, 2.45) is 28.9 Å². The van der Waals surface area contributed by atoms with Gasteiger partial charge in [-0.1, -0.05) is 13.3 Å². The second kappa shape index (κ2) is 5.94. The van der Waals surface area contributed by atoms with Crippen LogP contribution in [-0.2, 0) is 11.2 Å². The molecule has 132 valence electrons. The van der Waals surface area contributed by atoms with Gasteiger partial charge in [0.2, 0.25) is 11.8 Å². The summed E-state index contributed by atoms with van der Waals surface area (Å²) in [7, 11) is 0. The molecule has 5 nitrogen and oxygen atoms in total. The molecule has 5 heteroatoms. The summed E-state index contributed by atoms with van der Waals surface area (Å²) in [6.07, 6.45) is 8.75. The van der Waals surface area contributed by atoms with Crippen molar-refractivity contribution in [2.75, 3.05) is 0 Å². The minimum absolute atomic E-state index is 0.0478. The van der Waals surface area contributed by atoms with Crippen LogP contribution in [0.4, 0.5) is 0 Å². The number of hydrogen-bond acceptors (Lipinski definition) is 5. The molecule has 0 amide bonds. The van der Waals surface area contributed by atoms with E-state index in [2.05, 4.69) is 17.1 Å². The van der Waals surface area contributed by atoms with Gasteiger partial charge in [-0.3, -0.25) is 4.79 Å². The number of nitrogens with zero attached hydrogens (tertiary/aromatic N) is 2. The van der Waals surface area contributed by atoms with Crippen molar-refractivity contribution < 1.29 is 9.21 Å². The number of hydrogen-bond donors (Lipinski definition) is 1. The van der Waals surface area contributed by atoms with Gasteiger partial charge in [-0.25, -0.2) is 0 Å². The minimum Gasteiger partial charge on any atom is -0.425 e. The predicted molar refractivity (Wildman–Crippen MR) is 90.3 cm³/mol. The second-order valence-corrected chi connectivity index (χ2v) is 8.57. The van der Waals surface area contributed by atoms with Gasteiger partial charge in [-0.2, -0.15) is 0 Å². The molecule has 1 aromatic heterocycles. The maximum absolute atomic E-state index is 12.2. The molecule has 0 aromatic carbocycles. The van der Waals surface area contributed by atoms with E-state index in [1.807, 2.05) is 0 Å². The summed E-state index contributed by atoms with van der Waals surface area (Å²) in [5, 5.41) is 8.62. The molecule has 1 aromatic rings. The highest BCUT2D eigenvalue weighted by atomic mass is 16.4. The third kappa shape index (κ3) is 2.81. The third-order valence-corrected chi connectivity index (χ3v) is 6.96. The molecule has 3 aliphatic rings. The van der Waals surface area contributed by atoms with Crippen LogP contribution in [0.5, 0.6) is 0 Å². The number of rotatable bonds is 5. The summed E-state index contributed by atoms with van der Waals surface area (Å²) in [5.41, 5.74) is 6.30. The van der Waals surface area contributed by atoms with Crippen molar-refractivity contribution in [1.29, 1.82) is 0 Å². The Kier molecular flexibility index (Phi) is 4.02. The fourth-order valence-electron chi connectivity index (χ4n) is 5.25. The van der Waals surface area contributed by atoms with Crippen LogP contribution in [0.1, 0.15) is 76.5 Å². The van der Waals surface area contributed by atoms with Crippen LogP contribution in [0.15, 0.2) is 4.42 Å². The van der Waals surface area contributed by atoms with Crippen molar-refractivity contribution in [3.05, 3.63) is 11.8 Å².